The van der Waals surface area contributed by atoms with Crippen molar-refractivity contribution in [3.05, 3.63) is 36.4 Å². The van der Waals surface area contributed by atoms with E-state index in [9.17, 15) is 4.39 Å². The largest absolute Gasteiger partial charge is 0.497 e. The lowest BCUT2D eigenvalue weighted by Gasteiger charge is -2.29. The zero-order valence-electron chi connectivity index (χ0n) is 13.0. The van der Waals surface area contributed by atoms with Crippen LogP contribution in [0.15, 0.2) is 30.6 Å². The molecule has 2 aromatic rings. The highest BCUT2D eigenvalue weighted by atomic mass is 19.1. The fraction of sp³-hybridized carbons (Fsp3) is 0.471. The van der Waals surface area contributed by atoms with E-state index < -0.39 is 0 Å². The van der Waals surface area contributed by atoms with Gasteiger partial charge in [0.1, 0.15) is 17.4 Å². The summed E-state index contributed by atoms with van der Waals surface area (Å²) in [6.07, 6.45) is 8.30. The van der Waals surface area contributed by atoms with Gasteiger partial charge in [0.25, 0.3) is 0 Å². The van der Waals surface area contributed by atoms with Gasteiger partial charge in [-0.3, -0.25) is 0 Å². The van der Waals surface area contributed by atoms with Gasteiger partial charge in [0, 0.05) is 37.2 Å². The summed E-state index contributed by atoms with van der Waals surface area (Å²) in [7, 11) is 3.31. The van der Waals surface area contributed by atoms with Crippen LogP contribution in [0.3, 0.4) is 0 Å². The monoisotopic (exact) mass is 304 g/mol. The van der Waals surface area contributed by atoms with E-state index >= 15 is 0 Å². The van der Waals surface area contributed by atoms with E-state index in [-0.39, 0.29) is 5.82 Å². The van der Waals surface area contributed by atoms with Crippen LogP contribution in [0.4, 0.5) is 4.39 Å². The van der Waals surface area contributed by atoms with Crippen LogP contribution in [0.2, 0.25) is 0 Å². The molecular formula is C17H21FN2O2. The van der Waals surface area contributed by atoms with Crippen LogP contribution in [-0.4, -0.2) is 29.9 Å². The first kappa shape index (κ1) is 15.0. The van der Waals surface area contributed by atoms with E-state index in [0.717, 1.165) is 37.1 Å². The molecule has 0 spiro atoms. The SMILES string of the molecule is COc1cc(F)cc(-c2nccn2C2CCC(OC)CC2)c1. The molecule has 0 bridgehead atoms. The molecule has 4 nitrogen and oxygen atoms in total. The standard InChI is InChI=1S/C17H21FN2O2/c1-21-15-5-3-14(4-6-15)20-8-7-19-17(20)12-9-13(18)11-16(10-12)22-2/h7-11,14-15H,3-6H2,1-2H3. The minimum absolute atomic E-state index is 0.313. The summed E-state index contributed by atoms with van der Waals surface area (Å²) in [4.78, 5) is 4.43. The highest BCUT2D eigenvalue weighted by Gasteiger charge is 2.24. The first-order valence-electron chi connectivity index (χ1n) is 7.62. The van der Waals surface area contributed by atoms with Crippen molar-refractivity contribution in [2.75, 3.05) is 14.2 Å². The third-order valence-corrected chi connectivity index (χ3v) is 4.40. The Morgan fingerprint density at radius 3 is 2.59 bits per heavy atom. The molecule has 1 heterocycles. The highest BCUT2D eigenvalue weighted by Crippen LogP contribution is 2.34. The molecule has 1 aromatic carbocycles. The zero-order valence-corrected chi connectivity index (χ0v) is 13.0. The van der Waals surface area contributed by atoms with Gasteiger partial charge in [-0.15, -0.1) is 0 Å². The topological polar surface area (TPSA) is 36.3 Å². The molecule has 1 aliphatic carbocycles. The quantitative estimate of drug-likeness (QED) is 0.861. The lowest BCUT2D eigenvalue weighted by Crippen LogP contribution is -2.22. The first-order chi connectivity index (χ1) is 10.7. The molecule has 1 aliphatic rings. The van der Waals surface area contributed by atoms with Crippen molar-refractivity contribution in [3.8, 4) is 17.1 Å². The molecule has 0 atom stereocenters. The minimum Gasteiger partial charge on any atom is -0.497 e. The molecule has 0 aliphatic heterocycles. The predicted octanol–water partition coefficient (Wildman–Crippen LogP) is 3.83. The van der Waals surface area contributed by atoms with Gasteiger partial charge < -0.3 is 14.0 Å². The molecule has 118 valence electrons. The van der Waals surface area contributed by atoms with Crippen LogP contribution >= 0.6 is 0 Å². The van der Waals surface area contributed by atoms with Crippen molar-refractivity contribution in [2.24, 2.45) is 0 Å². The number of aromatic nitrogens is 2. The van der Waals surface area contributed by atoms with Crippen molar-refractivity contribution in [1.82, 2.24) is 9.55 Å². The minimum atomic E-state index is -0.313. The molecule has 22 heavy (non-hydrogen) atoms. The average molecular weight is 304 g/mol. The Morgan fingerprint density at radius 2 is 1.91 bits per heavy atom. The Kier molecular flexibility index (Phi) is 4.43. The van der Waals surface area contributed by atoms with E-state index in [4.69, 9.17) is 9.47 Å². The molecule has 0 unspecified atom stereocenters. The van der Waals surface area contributed by atoms with Crippen LogP contribution < -0.4 is 4.74 Å². The second-order valence-corrected chi connectivity index (χ2v) is 5.70. The van der Waals surface area contributed by atoms with Crippen LogP contribution in [0, 0.1) is 5.82 Å². The first-order valence-corrected chi connectivity index (χ1v) is 7.62. The summed E-state index contributed by atoms with van der Waals surface area (Å²) in [5.41, 5.74) is 0.746. The third kappa shape index (κ3) is 2.99. The lowest BCUT2D eigenvalue weighted by atomic mass is 9.92. The summed E-state index contributed by atoms with van der Waals surface area (Å²) in [6, 6.07) is 5.09. The second kappa shape index (κ2) is 6.48. The summed E-state index contributed by atoms with van der Waals surface area (Å²) in [6.45, 7) is 0. The molecule has 3 rings (SSSR count). The Morgan fingerprint density at radius 1 is 1.14 bits per heavy atom. The molecular weight excluding hydrogens is 283 g/mol. The van der Waals surface area contributed by atoms with E-state index in [1.807, 2.05) is 12.3 Å². The van der Waals surface area contributed by atoms with Gasteiger partial charge in [-0.05, 0) is 37.8 Å². The number of hydrogen-bond acceptors (Lipinski definition) is 3. The Balaban J connectivity index is 1.88. The van der Waals surface area contributed by atoms with E-state index in [2.05, 4.69) is 9.55 Å². The number of methoxy groups -OCH3 is 2. The molecule has 1 saturated carbocycles. The van der Waals surface area contributed by atoms with E-state index in [1.54, 1.807) is 13.3 Å². The molecule has 5 heteroatoms. The summed E-state index contributed by atoms with van der Waals surface area (Å²) in [5, 5.41) is 0. The predicted molar refractivity (Wildman–Crippen MR) is 82.5 cm³/mol. The number of nitrogens with zero attached hydrogens (tertiary/aromatic N) is 2. The summed E-state index contributed by atoms with van der Waals surface area (Å²) in [5.74, 6) is 0.985. The smallest absolute Gasteiger partial charge is 0.140 e. The Hall–Kier alpha value is -1.88. The Bertz CT molecular complexity index is 633. The van der Waals surface area contributed by atoms with Crippen LogP contribution in [-0.2, 0) is 4.74 Å². The van der Waals surface area contributed by atoms with Gasteiger partial charge in [0.05, 0.1) is 13.2 Å². The maximum absolute atomic E-state index is 13.7. The van der Waals surface area contributed by atoms with Gasteiger partial charge in [0.15, 0.2) is 0 Å². The van der Waals surface area contributed by atoms with Crippen molar-refractivity contribution in [3.63, 3.8) is 0 Å². The highest BCUT2D eigenvalue weighted by molar-refractivity contribution is 5.58. The summed E-state index contributed by atoms with van der Waals surface area (Å²) < 4.78 is 26.5. The summed E-state index contributed by atoms with van der Waals surface area (Å²) >= 11 is 0. The molecule has 1 fully saturated rings. The van der Waals surface area contributed by atoms with Crippen LogP contribution in [0.25, 0.3) is 11.4 Å². The van der Waals surface area contributed by atoms with Crippen LogP contribution in [0.5, 0.6) is 5.75 Å². The maximum Gasteiger partial charge on any atom is 0.140 e. The van der Waals surface area contributed by atoms with Crippen molar-refractivity contribution in [1.29, 1.82) is 0 Å². The third-order valence-electron chi connectivity index (χ3n) is 4.40. The normalized spacial score (nSPS) is 21.8. The average Bonchev–Trinajstić information content (AvgIpc) is 3.04. The maximum atomic E-state index is 13.7. The van der Waals surface area contributed by atoms with Crippen molar-refractivity contribution < 1.29 is 13.9 Å². The number of rotatable bonds is 4. The van der Waals surface area contributed by atoms with Gasteiger partial charge in [-0.1, -0.05) is 0 Å². The molecule has 0 radical (unpaired) electrons. The number of hydrogen-bond donors (Lipinski definition) is 0. The lowest BCUT2D eigenvalue weighted by molar-refractivity contribution is 0.0586. The molecule has 0 amide bonds. The Labute approximate surface area is 129 Å². The van der Waals surface area contributed by atoms with Crippen molar-refractivity contribution >= 4 is 0 Å². The molecule has 0 N–H and O–H groups in total. The van der Waals surface area contributed by atoms with E-state index in [0.29, 0.717) is 17.9 Å². The van der Waals surface area contributed by atoms with Gasteiger partial charge in [0.2, 0.25) is 0 Å². The fourth-order valence-electron chi connectivity index (χ4n) is 3.20. The second-order valence-electron chi connectivity index (χ2n) is 5.70. The molecule has 0 saturated heterocycles. The van der Waals surface area contributed by atoms with Gasteiger partial charge in [-0.25, -0.2) is 9.37 Å². The van der Waals surface area contributed by atoms with E-state index in [1.165, 1.54) is 19.2 Å². The van der Waals surface area contributed by atoms with Gasteiger partial charge >= 0.3 is 0 Å². The van der Waals surface area contributed by atoms with Gasteiger partial charge in [-0.2, -0.15) is 0 Å². The van der Waals surface area contributed by atoms with Crippen molar-refractivity contribution in [2.45, 2.75) is 37.8 Å². The van der Waals surface area contributed by atoms with Crippen LogP contribution in [0.1, 0.15) is 31.7 Å². The number of ether oxygens (including phenoxy) is 2. The number of halogens is 1. The number of imidazole rings is 1. The number of benzene rings is 1. The zero-order chi connectivity index (χ0) is 15.5. The molecule has 1 aromatic heterocycles. The fourth-order valence-corrected chi connectivity index (χ4v) is 3.20.